The third kappa shape index (κ3) is 4.16. The van der Waals surface area contributed by atoms with Crippen molar-refractivity contribution < 1.29 is 13.9 Å². The van der Waals surface area contributed by atoms with E-state index in [2.05, 4.69) is 10.6 Å². The standard InChI is InChI=1S/C14H19FN2O2.ClH/c1-2-19-8-6-13(18)17-12-4-3-10-9-16-7-5-11(10)14(12)15;/h3-4,16H,2,5-9H2,1H3,(H,17,18);1H. The topological polar surface area (TPSA) is 50.4 Å². The Balaban J connectivity index is 0.00000200. The van der Waals surface area contributed by atoms with Gasteiger partial charge >= 0.3 is 0 Å². The van der Waals surface area contributed by atoms with E-state index in [1.807, 2.05) is 13.0 Å². The molecule has 1 heterocycles. The van der Waals surface area contributed by atoms with Crippen LogP contribution in [0.25, 0.3) is 0 Å². The highest BCUT2D eigenvalue weighted by Crippen LogP contribution is 2.24. The summed E-state index contributed by atoms with van der Waals surface area (Å²) < 4.78 is 19.3. The molecule has 1 aromatic rings. The molecule has 0 fully saturated rings. The van der Waals surface area contributed by atoms with Crippen LogP contribution in [0.1, 0.15) is 24.5 Å². The van der Waals surface area contributed by atoms with Crippen LogP contribution in [-0.2, 0) is 22.5 Å². The normalized spacial score (nSPS) is 13.3. The van der Waals surface area contributed by atoms with Gasteiger partial charge in [0.15, 0.2) is 0 Å². The van der Waals surface area contributed by atoms with Gasteiger partial charge in [0.1, 0.15) is 5.82 Å². The highest BCUT2D eigenvalue weighted by atomic mass is 35.5. The molecule has 0 saturated heterocycles. The summed E-state index contributed by atoms with van der Waals surface area (Å²) in [6.45, 7) is 4.26. The van der Waals surface area contributed by atoms with Gasteiger partial charge in [0.2, 0.25) is 5.91 Å². The summed E-state index contributed by atoms with van der Waals surface area (Å²) in [6.07, 6.45) is 0.899. The lowest BCUT2D eigenvalue weighted by Crippen LogP contribution is -2.25. The molecule has 0 atom stereocenters. The van der Waals surface area contributed by atoms with Gasteiger partial charge in [-0.25, -0.2) is 4.39 Å². The number of carbonyl (C=O) groups is 1. The van der Waals surface area contributed by atoms with Gasteiger partial charge in [-0.05, 0) is 37.1 Å². The van der Waals surface area contributed by atoms with Gasteiger partial charge in [0.25, 0.3) is 0 Å². The lowest BCUT2D eigenvalue weighted by Gasteiger charge is -2.19. The maximum Gasteiger partial charge on any atom is 0.226 e. The molecule has 20 heavy (non-hydrogen) atoms. The van der Waals surface area contributed by atoms with Crippen molar-refractivity contribution in [1.82, 2.24) is 5.32 Å². The number of anilines is 1. The number of amides is 1. The predicted molar refractivity (Wildman–Crippen MR) is 78.8 cm³/mol. The maximum absolute atomic E-state index is 14.2. The number of ether oxygens (including phenoxy) is 1. The molecule has 6 heteroatoms. The van der Waals surface area contributed by atoms with Crippen molar-refractivity contribution in [1.29, 1.82) is 0 Å². The summed E-state index contributed by atoms with van der Waals surface area (Å²) in [6, 6.07) is 3.49. The van der Waals surface area contributed by atoms with E-state index in [0.29, 0.717) is 31.7 Å². The van der Waals surface area contributed by atoms with Crippen molar-refractivity contribution in [3.63, 3.8) is 0 Å². The van der Waals surface area contributed by atoms with E-state index < -0.39 is 0 Å². The van der Waals surface area contributed by atoms with E-state index >= 15 is 0 Å². The van der Waals surface area contributed by atoms with Crippen LogP contribution >= 0.6 is 12.4 Å². The number of halogens is 2. The van der Waals surface area contributed by atoms with Crippen LogP contribution in [-0.4, -0.2) is 25.7 Å². The molecule has 0 saturated carbocycles. The first kappa shape index (κ1) is 16.9. The fourth-order valence-electron chi connectivity index (χ4n) is 2.15. The van der Waals surface area contributed by atoms with Crippen molar-refractivity contribution in [2.24, 2.45) is 0 Å². The van der Waals surface area contributed by atoms with Gasteiger partial charge in [-0.2, -0.15) is 0 Å². The van der Waals surface area contributed by atoms with Gasteiger partial charge in [0, 0.05) is 13.2 Å². The SMILES string of the molecule is CCOCCC(=O)Nc1ccc2c(c1F)CCNC2.Cl. The highest BCUT2D eigenvalue weighted by molar-refractivity contribution is 5.91. The van der Waals surface area contributed by atoms with Gasteiger partial charge in [-0.3, -0.25) is 4.79 Å². The monoisotopic (exact) mass is 302 g/mol. The number of fused-ring (bicyclic) bond motifs is 1. The van der Waals surface area contributed by atoms with E-state index in [0.717, 1.165) is 12.1 Å². The molecule has 0 aliphatic carbocycles. The third-order valence-electron chi connectivity index (χ3n) is 3.16. The first-order valence-electron chi connectivity index (χ1n) is 6.61. The molecule has 0 radical (unpaired) electrons. The molecule has 2 N–H and O–H groups in total. The Bertz CT molecular complexity index is 469. The zero-order valence-corrected chi connectivity index (χ0v) is 12.3. The van der Waals surface area contributed by atoms with Crippen LogP contribution in [0.15, 0.2) is 12.1 Å². The van der Waals surface area contributed by atoms with Crippen molar-refractivity contribution in [2.75, 3.05) is 25.1 Å². The van der Waals surface area contributed by atoms with Gasteiger partial charge in [0.05, 0.1) is 18.7 Å². The quantitative estimate of drug-likeness (QED) is 0.820. The molecular weight excluding hydrogens is 283 g/mol. The first-order valence-corrected chi connectivity index (χ1v) is 6.61. The van der Waals surface area contributed by atoms with Crippen LogP contribution in [0, 0.1) is 5.82 Å². The molecule has 0 unspecified atom stereocenters. The summed E-state index contributed by atoms with van der Waals surface area (Å²) >= 11 is 0. The van der Waals surface area contributed by atoms with E-state index in [9.17, 15) is 9.18 Å². The number of hydrogen-bond acceptors (Lipinski definition) is 3. The Kier molecular flexibility index (Phi) is 6.91. The zero-order chi connectivity index (χ0) is 13.7. The van der Waals surface area contributed by atoms with E-state index in [1.165, 1.54) is 0 Å². The van der Waals surface area contributed by atoms with E-state index in [4.69, 9.17) is 4.74 Å². The average molecular weight is 303 g/mol. The van der Waals surface area contributed by atoms with Crippen LogP contribution < -0.4 is 10.6 Å². The lowest BCUT2D eigenvalue weighted by molar-refractivity contribution is -0.117. The molecule has 0 aromatic heterocycles. The highest BCUT2D eigenvalue weighted by Gasteiger charge is 2.17. The third-order valence-corrected chi connectivity index (χ3v) is 3.16. The number of nitrogens with one attached hydrogen (secondary N) is 2. The summed E-state index contributed by atoms with van der Waals surface area (Å²) in [4.78, 5) is 11.6. The Labute approximate surface area is 124 Å². The van der Waals surface area contributed by atoms with Crippen LogP contribution in [0.3, 0.4) is 0 Å². The second-order valence-corrected chi connectivity index (χ2v) is 4.49. The Morgan fingerprint density at radius 2 is 2.30 bits per heavy atom. The molecule has 0 bridgehead atoms. The smallest absolute Gasteiger partial charge is 0.226 e. The second-order valence-electron chi connectivity index (χ2n) is 4.49. The minimum atomic E-state index is -0.302. The van der Waals surface area contributed by atoms with E-state index in [1.54, 1.807) is 6.07 Å². The van der Waals surface area contributed by atoms with Gasteiger partial charge < -0.3 is 15.4 Å². The Hall–Kier alpha value is -1.17. The van der Waals surface area contributed by atoms with Crippen molar-refractivity contribution in [2.45, 2.75) is 26.3 Å². The number of hydrogen-bond donors (Lipinski definition) is 2. The van der Waals surface area contributed by atoms with Crippen molar-refractivity contribution in [3.05, 3.63) is 29.1 Å². The molecule has 112 valence electrons. The maximum atomic E-state index is 14.2. The lowest BCUT2D eigenvalue weighted by atomic mass is 9.99. The zero-order valence-electron chi connectivity index (χ0n) is 11.5. The molecule has 1 aliphatic rings. The van der Waals surface area contributed by atoms with E-state index in [-0.39, 0.29) is 36.2 Å². The summed E-state index contributed by atoms with van der Waals surface area (Å²) in [5.41, 5.74) is 1.94. The number of carbonyl (C=O) groups excluding carboxylic acids is 1. The summed E-state index contributed by atoms with van der Waals surface area (Å²) in [7, 11) is 0. The van der Waals surface area contributed by atoms with Gasteiger partial charge in [-0.1, -0.05) is 6.07 Å². The first-order chi connectivity index (χ1) is 9.22. The Morgan fingerprint density at radius 3 is 3.05 bits per heavy atom. The van der Waals surface area contributed by atoms with Crippen molar-refractivity contribution >= 4 is 24.0 Å². The molecule has 1 amide bonds. The largest absolute Gasteiger partial charge is 0.381 e. The molecule has 1 aliphatic heterocycles. The minimum Gasteiger partial charge on any atom is -0.381 e. The number of benzene rings is 1. The fraction of sp³-hybridized carbons (Fsp3) is 0.500. The molecule has 0 spiro atoms. The van der Waals surface area contributed by atoms with Crippen molar-refractivity contribution in [3.8, 4) is 0 Å². The Morgan fingerprint density at radius 1 is 1.50 bits per heavy atom. The molecular formula is C14H20ClFN2O2. The summed E-state index contributed by atoms with van der Waals surface area (Å²) in [5, 5.41) is 5.80. The van der Waals surface area contributed by atoms with Crippen LogP contribution in [0.2, 0.25) is 0 Å². The van der Waals surface area contributed by atoms with Crippen LogP contribution in [0.5, 0.6) is 0 Å². The van der Waals surface area contributed by atoms with Gasteiger partial charge in [-0.15, -0.1) is 12.4 Å². The number of rotatable bonds is 5. The molecule has 1 aromatic carbocycles. The fourth-order valence-corrected chi connectivity index (χ4v) is 2.15. The molecule has 2 rings (SSSR count). The minimum absolute atomic E-state index is 0. The summed E-state index contributed by atoms with van der Waals surface area (Å²) in [5.74, 6) is -0.523. The predicted octanol–water partition coefficient (Wildman–Crippen LogP) is 2.26. The van der Waals surface area contributed by atoms with Crippen LogP contribution in [0.4, 0.5) is 10.1 Å². The molecule has 4 nitrogen and oxygen atoms in total. The average Bonchev–Trinajstić information content (AvgIpc) is 2.43. The second kappa shape index (κ2) is 8.19.